The second kappa shape index (κ2) is 9.55. The van der Waals surface area contributed by atoms with Crippen LogP contribution in [-0.4, -0.2) is 63.4 Å². The molecule has 0 spiro atoms. The zero-order valence-electron chi connectivity index (χ0n) is 20.2. The molecule has 7 nitrogen and oxygen atoms in total. The van der Waals surface area contributed by atoms with E-state index >= 15 is 0 Å². The first kappa shape index (κ1) is 24.5. The van der Waals surface area contributed by atoms with Gasteiger partial charge >= 0.3 is 0 Å². The number of hydrogen-bond donors (Lipinski definition) is 0. The van der Waals surface area contributed by atoms with Crippen molar-refractivity contribution in [1.82, 2.24) is 19.8 Å². The molecule has 0 aliphatic carbocycles. The van der Waals surface area contributed by atoms with Crippen molar-refractivity contribution in [3.8, 4) is 0 Å². The summed E-state index contributed by atoms with van der Waals surface area (Å²) in [6.45, 7) is 15.7. The van der Waals surface area contributed by atoms with Gasteiger partial charge in [0.2, 0.25) is 5.91 Å². The van der Waals surface area contributed by atoms with Crippen molar-refractivity contribution in [3.63, 3.8) is 0 Å². The number of carbonyl (C=O) groups excluding carboxylic acids is 1. The molecule has 0 unspecified atom stereocenters. The molecule has 0 aromatic carbocycles. The van der Waals surface area contributed by atoms with Crippen LogP contribution in [0.1, 0.15) is 50.4 Å². The second-order valence-corrected chi connectivity index (χ2v) is 10.0. The molecule has 2 atom stereocenters. The molecule has 0 bridgehead atoms. The van der Waals surface area contributed by atoms with Crippen LogP contribution in [0.5, 0.6) is 0 Å². The molecule has 1 amide bonds. The molecule has 4 rings (SSSR count). The van der Waals surface area contributed by atoms with Gasteiger partial charge < -0.3 is 14.7 Å². The summed E-state index contributed by atoms with van der Waals surface area (Å²) in [4.78, 5) is 32.8. The number of aryl methyl sites for hydroxylation is 1. The maximum atomic E-state index is 12.3. The summed E-state index contributed by atoms with van der Waals surface area (Å²) in [5, 5.41) is 0.630. The molecule has 1 fully saturated rings. The molecule has 180 valence electrons. The fraction of sp³-hybridized carbons (Fsp3) is 0.440. The van der Waals surface area contributed by atoms with Gasteiger partial charge in [-0.3, -0.25) is 9.78 Å². The lowest BCUT2D eigenvalue weighted by Gasteiger charge is -2.46. The van der Waals surface area contributed by atoms with Crippen LogP contribution in [0, 0.1) is 6.92 Å². The average Bonchev–Trinajstić information content (AvgIpc) is 2.80. The normalized spacial score (nSPS) is 20.4. The minimum absolute atomic E-state index is 0.00900. The van der Waals surface area contributed by atoms with Gasteiger partial charge in [0.25, 0.3) is 0 Å². The van der Waals surface area contributed by atoms with Crippen LogP contribution in [-0.2, 0) is 4.79 Å². The summed E-state index contributed by atoms with van der Waals surface area (Å²) < 4.78 is 0. The lowest BCUT2D eigenvalue weighted by atomic mass is 10.0. The SMILES string of the molecule is C=CC(=O)N1C[C@H](C)N(C2=NCN(c3c(C)ccnc3C(C)C)c3nc(Cl)c(Cl)cc32)C[C@H]1C. The van der Waals surface area contributed by atoms with Crippen molar-refractivity contribution in [2.45, 2.75) is 52.6 Å². The van der Waals surface area contributed by atoms with E-state index < -0.39 is 0 Å². The number of aromatic nitrogens is 2. The third kappa shape index (κ3) is 4.27. The number of halogens is 2. The van der Waals surface area contributed by atoms with Crippen LogP contribution >= 0.6 is 23.2 Å². The average molecular weight is 501 g/mol. The predicted octanol–water partition coefficient (Wildman–Crippen LogP) is 5.18. The molecule has 2 aliphatic rings. The number of aliphatic imine (C=N–C) groups is 1. The number of rotatable bonds is 3. The van der Waals surface area contributed by atoms with Gasteiger partial charge in [0.05, 0.1) is 22.0 Å². The Morgan fingerprint density at radius 3 is 2.65 bits per heavy atom. The monoisotopic (exact) mass is 500 g/mol. The van der Waals surface area contributed by atoms with Crippen LogP contribution in [0.25, 0.3) is 0 Å². The van der Waals surface area contributed by atoms with E-state index in [0.717, 1.165) is 28.3 Å². The van der Waals surface area contributed by atoms with Crippen molar-refractivity contribution >= 4 is 46.4 Å². The number of anilines is 2. The first-order valence-electron chi connectivity index (χ1n) is 11.5. The van der Waals surface area contributed by atoms with Gasteiger partial charge in [-0.2, -0.15) is 0 Å². The number of fused-ring (bicyclic) bond motifs is 1. The predicted molar refractivity (Wildman–Crippen MR) is 138 cm³/mol. The Morgan fingerprint density at radius 1 is 1.24 bits per heavy atom. The Kier molecular flexibility index (Phi) is 6.87. The highest BCUT2D eigenvalue weighted by atomic mass is 35.5. The van der Waals surface area contributed by atoms with E-state index in [2.05, 4.69) is 49.1 Å². The van der Waals surface area contributed by atoms with Crippen LogP contribution in [0.2, 0.25) is 10.2 Å². The van der Waals surface area contributed by atoms with Crippen molar-refractivity contribution < 1.29 is 4.79 Å². The van der Waals surface area contributed by atoms with Crippen LogP contribution < -0.4 is 4.90 Å². The van der Waals surface area contributed by atoms with E-state index in [4.69, 9.17) is 33.2 Å². The summed E-state index contributed by atoms with van der Waals surface area (Å²) in [7, 11) is 0. The number of amidine groups is 1. The molecule has 1 saturated heterocycles. The Bertz CT molecular complexity index is 1160. The van der Waals surface area contributed by atoms with Crippen LogP contribution in [0.15, 0.2) is 36.0 Å². The molecular formula is C25H30Cl2N6O. The number of hydrogen-bond acceptors (Lipinski definition) is 6. The van der Waals surface area contributed by atoms with Crippen molar-refractivity contribution in [3.05, 3.63) is 58.0 Å². The minimum Gasteiger partial charge on any atom is -0.350 e. The molecule has 0 N–H and O–H groups in total. The van der Waals surface area contributed by atoms with Gasteiger partial charge in [-0.15, -0.1) is 0 Å². The fourth-order valence-electron chi connectivity index (χ4n) is 4.73. The number of piperazine rings is 1. The van der Waals surface area contributed by atoms with Gasteiger partial charge in [-0.25, -0.2) is 9.98 Å². The Balaban J connectivity index is 1.79. The highest BCUT2D eigenvalue weighted by molar-refractivity contribution is 6.41. The fourth-order valence-corrected chi connectivity index (χ4v) is 5.02. The highest BCUT2D eigenvalue weighted by Crippen LogP contribution is 2.40. The zero-order valence-corrected chi connectivity index (χ0v) is 21.7. The maximum absolute atomic E-state index is 12.3. The smallest absolute Gasteiger partial charge is 0.246 e. The quantitative estimate of drug-likeness (QED) is 0.429. The van der Waals surface area contributed by atoms with Gasteiger partial charge in [0.1, 0.15) is 23.5 Å². The van der Waals surface area contributed by atoms with Crippen LogP contribution in [0.4, 0.5) is 11.5 Å². The molecule has 9 heteroatoms. The topological polar surface area (TPSA) is 64.9 Å². The molecule has 0 radical (unpaired) electrons. The Labute approximate surface area is 211 Å². The summed E-state index contributed by atoms with van der Waals surface area (Å²) in [6.07, 6.45) is 3.21. The summed E-state index contributed by atoms with van der Waals surface area (Å²) in [6, 6.07) is 3.90. The summed E-state index contributed by atoms with van der Waals surface area (Å²) >= 11 is 12.8. The standard InChI is InChI=1S/C25H30Cl2N6O/c1-7-20(34)31-11-17(6)32(12-16(31)5)24-18-10-19(26)23(27)30-25(18)33(13-29-24)22-15(4)8-9-28-21(22)14(2)3/h7-10,14,16-17H,1,11-13H2,2-6H3/t16-,17+/m1/s1. The number of amides is 1. The molecule has 2 aromatic heterocycles. The second-order valence-electron chi connectivity index (χ2n) is 9.24. The first-order valence-corrected chi connectivity index (χ1v) is 12.2. The molecule has 34 heavy (non-hydrogen) atoms. The maximum Gasteiger partial charge on any atom is 0.246 e. The third-order valence-electron chi connectivity index (χ3n) is 6.46. The van der Waals surface area contributed by atoms with E-state index in [-0.39, 0.29) is 29.1 Å². The molecule has 0 saturated carbocycles. The number of carbonyl (C=O) groups is 1. The van der Waals surface area contributed by atoms with Gasteiger partial charge in [0.15, 0.2) is 0 Å². The van der Waals surface area contributed by atoms with E-state index in [1.807, 2.05) is 30.2 Å². The van der Waals surface area contributed by atoms with E-state index in [9.17, 15) is 4.79 Å². The van der Waals surface area contributed by atoms with E-state index in [0.29, 0.717) is 30.6 Å². The first-order chi connectivity index (χ1) is 16.1. The van der Waals surface area contributed by atoms with Gasteiger partial charge in [0, 0.05) is 31.4 Å². The molecule has 2 aromatic rings. The third-order valence-corrected chi connectivity index (χ3v) is 7.13. The lowest BCUT2D eigenvalue weighted by molar-refractivity contribution is -0.130. The minimum atomic E-state index is -0.0547. The lowest BCUT2D eigenvalue weighted by Crippen LogP contribution is -2.59. The van der Waals surface area contributed by atoms with Crippen LogP contribution in [0.3, 0.4) is 0 Å². The van der Waals surface area contributed by atoms with Gasteiger partial charge in [-0.05, 0) is 50.5 Å². The number of nitrogens with zero attached hydrogens (tertiary/aromatic N) is 6. The van der Waals surface area contributed by atoms with E-state index in [1.165, 1.54) is 6.08 Å². The molecule has 4 heterocycles. The number of pyridine rings is 2. The molecular weight excluding hydrogens is 471 g/mol. The molecule has 2 aliphatic heterocycles. The zero-order chi connectivity index (χ0) is 24.7. The highest BCUT2D eigenvalue weighted by Gasteiger charge is 2.37. The van der Waals surface area contributed by atoms with Gasteiger partial charge in [-0.1, -0.05) is 43.6 Å². The van der Waals surface area contributed by atoms with Crippen molar-refractivity contribution in [2.24, 2.45) is 4.99 Å². The van der Waals surface area contributed by atoms with Crippen molar-refractivity contribution in [2.75, 3.05) is 24.7 Å². The Morgan fingerprint density at radius 2 is 1.97 bits per heavy atom. The largest absolute Gasteiger partial charge is 0.350 e. The summed E-state index contributed by atoms with van der Waals surface area (Å²) in [5.74, 6) is 1.70. The Hall–Kier alpha value is -2.64. The van der Waals surface area contributed by atoms with Crippen molar-refractivity contribution in [1.29, 1.82) is 0 Å². The summed E-state index contributed by atoms with van der Waals surface area (Å²) in [5.41, 5.74) is 3.89. The van der Waals surface area contributed by atoms with E-state index in [1.54, 1.807) is 0 Å².